The zero-order chi connectivity index (χ0) is 20.1. The van der Waals surface area contributed by atoms with Crippen molar-refractivity contribution in [3.8, 4) is 5.75 Å². The number of aromatic nitrogens is 2. The summed E-state index contributed by atoms with van der Waals surface area (Å²) in [5.41, 5.74) is 4.02. The average Bonchev–Trinajstić information content (AvgIpc) is 2.74. The van der Waals surface area contributed by atoms with Crippen LogP contribution in [-0.2, 0) is 6.54 Å². The van der Waals surface area contributed by atoms with E-state index < -0.39 is 5.91 Å². The number of hydrogen-bond acceptors (Lipinski definition) is 5. The molecule has 0 bridgehead atoms. The van der Waals surface area contributed by atoms with E-state index in [1.807, 2.05) is 31.2 Å². The van der Waals surface area contributed by atoms with Gasteiger partial charge in [-0.3, -0.25) is 9.59 Å². The number of amides is 1. The number of benzene rings is 2. The molecule has 0 atom stereocenters. The molecule has 3 rings (SSSR count). The van der Waals surface area contributed by atoms with Gasteiger partial charge in [0.15, 0.2) is 5.69 Å². The number of hydrogen-bond donors (Lipinski definition) is 1. The van der Waals surface area contributed by atoms with Crippen molar-refractivity contribution in [1.82, 2.24) is 15.2 Å². The lowest BCUT2D eigenvalue weighted by Crippen LogP contribution is -2.29. The Bertz CT molecular complexity index is 1080. The maximum absolute atomic E-state index is 12.7. The van der Waals surface area contributed by atoms with E-state index in [4.69, 9.17) is 4.74 Å². The Labute approximate surface area is 162 Å². The quantitative estimate of drug-likeness (QED) is 0.528. The second-order valence-corrected chi connectivity index (χ2v) is 6.29. The number of nitrogens with one attached hydrogen (secondary N) is 1. The van der Waals surface area contributed by atoms with Crippen LogP contribution in [0.25, 0.3) is 10.8 Å². The van der Waals surface area contributed by atoms with Gasteiger partial charge in [-0.2, -0.15) is 10.2 Å². The number of aryl methyl sites for hydroxylation is 1. The number of ether oxygens (including phenoxy) is 1. The molecule has 0 aliphatic rings. The Morgan fingerprint density at radius 1 is 1.14 bits per heavy atom. The lowest BCUT2D eigenvalue weighted by atomic mass is 10.1. The molecule has 0 aliphatic carbocycles. The molecule has 0 saturated heterocycles. The predicted octanol–water partition coefficient (Wildman–Crippen LogP) is 2.97. The highest BCUT2D eigenvalue weighted by molar-refractivity contribution is 6.06. The van der Waals surface area contributed by atoms with Crippen molar-refractivity contribution in [3.05, 3.63) is 70.1 Å². The van der Waals surface area contributed by atoms with Gasteiger partial charge in [-0.05, 0) is 49.2 Å². The lowest BCUT2D eigenvalue weighted by molar-refractivity contribution is 0.0949. The molecule has 0 unspecified atom stereocenters. The third kappa shape index (κ3) is 3.93. The van der Waals surface area contributed by atoms with Gasteiger partial charge in [0.1, 0.15) is 5.75 Å². The van der Waals surface area contributed by atoms with Crippen molar-refractivity contribution in [2.45, 2.75) is 26.8 Å². The summed E-state index contributed by atoms with van der Waals surface area (Å²) in [5.74, 6) is 0.281. The molecule has 0 spiro atoms. The number of nitrogens with zero attached hydrogens (tertiary/aromatic N) is 3. The molecule has 0 aliphatic heterocycles. The fourth-order valence-electron chi connectivity index (χ4n) is 2.85. The number of fused-ring (bicyclic) bond motifs is 1. The summed E-state index contributed by atoms with van der Waals surface area (Å²) in [6, 6.07) is 14.3. The second-order valence-electron chi connectivity index (χ2n) is 6.29. The lowest BCUT2D eigenvalue weighted by Gasteiger charge is -2.09. The summed E-state index contributed by atoms with van der Waals surface area (Å²) < 4.78 is 6.47. The van der Waals surface area contributed by atoms with Gasteiger partial charge in [0.25, 0.3) is 11.5 Å². The van der Waals surface area contributed by atoms with Crippen LogP contribution in [0.15, 0.2) is 58.4 Å². The predicted molar refractivity (Wildman–Crippen MR) is 109 cm³/mol. The van der Waals surface area contributed by atoms with Crippen LogP contribution in [0.2, 0.25) is 0 Å². The zero-order valence-electron chi connectivity index (χ0n) is 16.1. The Morgan fingerprint density at radius 3 is 2.46 bits per heavy atom. The Kier molecular flexibility index (Phi) is 5.84. The molecule has 1 aromatic heterocycles. The number of carbonyl (C=O) groups is 1. The number of hydrazone groups is 1. The fourth-order valence-corrected chi connectivity index (χ4v) is 2.85. The third-order valence-electron chi connectivity index (χ3n) is 4.35. The van der Waals surface area contributed by atoms with Crippen LogP contribution in [0.1, 0.15) is 36.3 Å². The van der Waals surface area contributed by atoms with Crippen LogP contribution < -0.4 is 15.7 Å². The number of methoxy groups -OCH3 is 1. The van der Waals surface area contributed by atoms with Crippen LogP contribution in [0.4, 0.5) is 0 Å². The number of rotatable bonds is 6. The SMILES string of the molecule is CCCn1nc(C(=O)N/N=C(/C)c2ccc(OC)cc2)c2ccccc2c1=O. The smallest absolute Gasteiger partial charge is 0.292 e. The summed E-state index contributed by atoms with van der Waals surface area (Å²) >= 11 is 0. The highest BCUT2D eigenvalue weighted by Gasteiger charge is 2.16. The first-order valence-electron chi connectivity index (χ1n) is 9.04. The van der Waals surface area contributed by atoms with Crippen molar-refractivity contribution >= 4 is 22.4 Å². The van der Waals surface area contributed by atoms with Crippen molar-refractivity contribution in [2.24, 2.45) is 5.10 Å². The molecular weight excluding hydrogens is 356 g/mol. The second kappa shape index (κ2) is 8.47. The molecule has 1 N–H and O–H groups in total. The maximum Gasteiger partial charge on any atom is 0.292 e. The Balaban J connectivity index is 1.92. The average molecular weight is 378 g/mol. The van der Waals surface area contributed by atoms with Gasteiger partial charge < -0.3 is 4.74 Å². The molecule has 28 heavy (non-hydrogen) atoms. The summed E-state index contributed by atoms with van der Waals surface area (Å²) in [7, 11) is 1.60. The normalized spacial score (nSPS) is 11.5. The van der Waals surface area contributed by atoms with Crippen molar-refractivity contribution < 1.29 is 9.53 Å². The molecule has 0 fully saturated rings. The van der Waals surface area contributed by atoms with E-state index in [0.29, 0.717) is 23.0 Å². The van der Waals surface area contributed by atoms with Crippen LogP contribution in [0.5, 0.6) is 5.75 Å². The first kappa shape index (κ1) is 19.3. The molecule has 0 radical (unpaired) electrons. The summed E-state index contributed by atoms with van der Waals surface area (Å²) in [5, 5.41) is 9.42. The summed E-state index contributed by atoms with van der Waals surface area (Å²) in [4.78, 5) is 25.3. The molecule has 3 aromatic rings. The minimum absolute atomic E-state index is 0.176. The highest BCUT2D eigenvalue weighted by Crippen LogP contribution is 2.14. The van der Waals surface area contributed by atoms with E-state index in [0.717, 1.165) is 17.7 Å². The van der Waals surface area contributed by atoms with Gasteiger partial charge in [-0.15, -0.1) is 0 Å². The van der Waals surface area contributed by atoms with E-state index in [1.165, 1.54) is 4.68 Å². The van der Waals surface area contributed by atoms with Gasteiger partial charge in [0.2, 0.25) is 0 Å². The molecule has 144 valence electrons. The minimum Gasteiger partial charge on any atom is -0.497 e. The monoisotopic (exact) mass is 378 g/mol. The van der Waals surface area contributed by atoms with E-state index in [-0.39, 0.29) is 11.3 Å². The first-order chi connectivity index (χ1) is 13.5. The highest BCUT2D eigenvalue weighted by atomic mass is 16.5. The van der Waals surface area contributed by atoms with Crippen molar-refractivity contribution in [1.29, 1.82) is 0 Å². The number of carbonyl (C=O) groups excluding carboxylic acids is 1. The van der Waals surface area contributed by atoms with Crippen LogP contribution in [0.3, 0.4) is 0 Å². The summed E-state index contributed by atoms with van der Waals surface area (Å²) in [6.07, 6.45) is 0.737. The zero-order valence-corrected chi connectivity index (χ0v) is 16.1. The molecule has 7 heteroatoms. The largest absolute Gasteiger partial charge is 0.497 e. The topological polar surface area (TPSA) is 85.6 Å². The first-order valence-corrected chi connectivity index (χ1v) is 9.04. The van der Waals surface area contributed by atoms with Crippen LogP contribution >= 0.6 is 0 Å². The van der Waals surface area contributed by atoms with Gasteiger partial charge in [-0.25, -0.2) is 10.1 Å². The molecule has 0 saturated carbocycles. The van der Waals surface area contributed by atoms with Crippen molar-refractivity contribution in [3.63, 3.8) is 0 Å². The van der Waals surface area contributed by atoms with Gasteiger partial charge in [0, 0.05) is 11.9 Å². The summed E-state index contributed by atoms with van der Waals surface area (Å²) in [6.45, 7) is 4.19. The van der Waals surface area contributed by atoms with Crippen molar-refractivity contribution in [2.75, 3.05) is 7.11 Å². The Hall–Kier alpha value is -3.48. The Morgan fingerprint density at radius 2 is 1.82 bits per heavy atom. The minimum atomic E-state index is -0.464. The van der Waals surface area contributed by atoms with E-state index in [1.54, 1.807) is 38.3 Å². The van der Waals surface area contributed by atoms with E-state index in [9.17, 15) is 9.59 Å². The van der Waals surface area contributed by atoms with Gasteiger partial charge >= 0.3 is 0 Å². The molecule has 2 aromatic carbocycles. The molecule has 7 nitrogen and oxygen atoms in total. The van der Waals surface area contributed by atoms with E-state index in [2.05, 4.69) is 15.6 Å². The maximum atomic E-state index is 12.7. The van der Waals surface area contributed by atoms with Gasteiger partial charge in [0.05, 0.1) is 18.2 Å². The fraction of sp³-hybridized carbons (Fsp3) is 0.238. The van der Waals surface area contributed by atoms with Crippen LogP contribution in [-0.4, -0.2) is 28.5 Å². The molecular formula is C21H22N4O3. The van der Waals surface area contributed by atoms with Crippen LogP contribution in [0, 0.1) is 0 Å². The van der Waals surface area contributed by atoms with Gasteiger partial charge in [-0.1, -0.05) is 25.1 Å². The third-order valence-corrected chi connectivity index (χ3v) is 4.35. The standard InChI is InChI=1S/C21H22N4O3/c1-4-13-25-21(27)18-8-6-5-7-17(18)19(24-25)20(26)23-22-14(2)15-9-11-16(28-3)12-10-15/h5-12H,4,13H2,1-3H3,(H,23,26)/b22-14-. The van der Waals surface area contributed by atoms with E-state index >= 15 is 0 Å². The molecule has 1 heterocycles. The molecule has 1 amide bonds.